The Morgan fingerprint density at radius 1 is 1.40 bits per heavy atom. The van der Waals surface area contributed by atoms with Crippen molar-refractivity contribution in [2.24, 2.45) is 16.5 Å². The molecule has 0 aliphatic carbocycles. The quantitative estimate of drug-likeness (QED) is 0.532. The van der Waals surface area contributed by atoms with Crippen LogP contribution < -0.4 is 11.5 Å². The Morgan fingerprint density at radius 2 is 1.90 bits per heavy atom. The highest BCUT2D eigenvalue weighted by Crippen LogP contribution is 2.19. The van der Waals surface area contributed by atoms with Gasteiger partial charge in [0.1, 0.15) is 0 Å². The van der Waals surface area contributed by atoms with Crippen LogP contribution in [0, 0.1) is 18.3 Å². The number of aliphatic carboxylic acids is 1. The molecule has 0 aromatic heterocycles. The van der Waals surface area contributed by atoms with E-state index in [1.54, 1.807) is 18.2 Å². The molecular formula is C11H11F3N4O2. The van der Waals surface area contributed by atoms with Gasteiger partial charge in [-0.25, -0.2) is 9.79 Å². The number of nitrogens with two attached hydrogens (primary N) is 2. The minimum Gasteiger partial charge on any atom is -0.475 e. The maximum absolute atomic E-state index is 10.6. The smallest absolute Gasteiger partial charge is 0.475 e. The van der Waals surface area contributed by atoms with Gasteiger partial charge in [-0.15, -0.1) is 0 Å². The van der Waals surface area contributed by atoms with Crippen molar-refractivity contribution in [1.82, 2.24) is 0 Å². The second-order valence-corrected chi connectivity index (χ2v) is 3.45. The molecule has 0 saturated carbocycles. The molecule has 0 unspecified atom stereocenters. The van der Waals surface area contributed by atoms with Crippen molar-refractivity contribution >= 4 is 17.6 Å². The lowest BCUT2D eigenvalue weighted by Gasteiger charge is -2.00. The average Bonchev–Trinajstić information content (AvgIpc) is 2.31. The topological polar surface area (TPSA) is 125 Å². The summed E-state index contributed by atoms with van der Waals surface area (Å²) < 4.78 is 31.7. The number of hydrogen-bond donors (Lipinski definition) is 3. The number of benzene rings is 1. The number of carbonyl (C=O) groups is 1. The van der Waals surface area contributed by atoms with Gasteiger partial charge in [0, 0.05) is 0 Å². The number of carboxylic acid groups (broad SMARTS) is 1. The summed E-state index contributed by atoms with van der Waals surface area (Å²) in [6, 6.07) is 7.19. The molecular weight excluding hydrogens is 277 g/mol. The third-order valence-corrected chi connectivity index (χ3v) is 1.83. The van der Waals surface area contributed by atoms with Crippen LogP contribution in [0.3, 0.4) is 0 Å². The first-order valence-corrected chi connectivity index (χ1v) is 4.98. The van der Waals surface area contributed by atoms with Gasteiger partial charge in [-0.1, -0.05) is 6.07 Å². The molecule has 0 aliphatic rings. The van der Waals surface area contributed by atoms with E-state index in [-0.39, 0.29) is 5.96 Å². The number of aliphatic imine (C=N–C) groups is 1. The average molecular weight is 288 g/mol. The Hall–Kier alpha value is -2.76. The van der Waals surface area contributed by atoms with Gasteiger partial charge in [0.2, 0.25) is 0 Å². The fraction of sp³-hybridized carbons (Fsp3) is 0.182. The highest BCUT2D eigenvalue weighted by molar-refractivity contribution is 5.79. The molecule has 0 spiro atoms. The number of halogens is 3. The van der Waals surface area contributed by atoms with Crippen LogP contribution in [0.1, 0.15) is 11.1 Å². The molecule has 0 aliphatic heterocycles. The van der Waals surface area contributed by atoms with Gasteiger partial charge < -0.3 is 16.6 Å². The van der Waals surface area contributed by atoms with E-state index in [2.05, 4.69) is 4.99 Å². The molecule has 0 heterocycles. The summed E-state index contributed by atoms with van der Waals surface area (Å²) in [5, 5.41) is 15.8. The van der Waals surface area contributed by atoms with Gasteiger partial charge in [-0.05, 0) is 24.6 Å². The third kappa shape index (κ3) is 6.25. The fourth-order valence-electron chi connectivity index (χ4n) is 0.938. The zero-order valence-corrected chi connectivity index (χ0v) is 10.3. The fourth-order valence-corrected chi connectivity index (χ4v) is 0.938. The monoisotopic (exact) mass is 288 g/mol. The van der Waals surface area contributed by atoms with Gasteiger partial charge in [0.05, 0.1) is 17.3 Å². The number of guanidine groups is 1. The molecule has 6 nitrogen and oxygen atoms in total. The van der Waals surface area contributed by atoms with Crippen LogP contribution in [0.15, 0.2) is 23.2 Å². The Morgan fingerprint density at radius 3 is 2.25 bits per heavy atom. The van der Waals surface area contributed by atoms with Crippen LogP contribution in [0.25, 0.3) is 0 Å². The van der Waals surface area contributed by atoms with Crippen LogP contribution in [-0.4, -0.2) is 23.2 Å². The highest BCUT2D eigenvalue weighted by atomic mass is 19.4. The van der Waals surface area contributed by atoms with Crippen molar-refractivity contribution in [2.45, 2.75) is 13.1 Å². The van der Waals surface area contributed by atoms with Crippen molar-refractivity contribution in [2.75, 3.05) is 0 Å². The van der Waals surface area contributed by atoms with E-state index < -0.39 is 12.1 Å². The van der Waals surface area contributed by atoms with Gasteiger partial charge in [0.15, 0.2) is 5.96 Å². The molecule has 108 valence electrons. The number of carboxylic acids is 1. The van der Waals surface area contributed by atoms with Gasteiger partial charge in [-0.3, -0.25) is 0 Å². The maximum atomic E-state index is 10.6. The van der Waals surface area contributed by atoms with Crippen LogP contribution in [0.5, 0.6) is 0 Å². The van der Waals surface area contributed by atoms with Crippen molar-refractivity contribution < 1.29 is 23.1 Å². The summed E-state index contributed by atoms with van der Waals surface area (Å²) in [6.07, 6.45) is -5.08. The molecule has 20 heavy (non-hydrogen) atoms. The van der Waals surface area contributed by atoms with Gasteiger partial charge in [0.25, 0.3) is 0 Å². The van der Waals surface area contributed by atoms with E-state index >= 15 is 0 Å². The second-order valence-electron chi connectivity index (χ2n) is 3.45. The van der Waals surface area contributed by atoms with Crippen molar-refractivity contribution in [3.8, 4) is 6.07 Å². The third-order valence-electron chi connectivity index (χ3n) is 1.83. The van der Waals surface area contributed by atoms with E-state index in [0.717, 1.165) is 5.56 Å². The van der Waals surface area contributed by atoms with Crippen LogP contribution in [-0.2, 0) is 4.79 Å². The first-order chi connectivity index (χ1) is 9.07. The number of aryl methyl sites for hydroxylation is 1. The SMILES string of the molecule is Cc1ccc(C#N)cc1N=C(N)N.O=C(O)C(F)(F)F. The van der Waals surface area contributed by atoms with Gasteiger partial charge >= 0.3 is 12.1 Å². The molecule has 0 bridgehead atoms. The Labute approximate surface area is 112 Å². The summed E-state index contributed by atoms with van der Waals surface area (Å²) in [7, 11) is 0. The number of alkyl halides is 3. The lowest BCUT2D eigenvalue weighted by molar-refractivity contribution is -0.192. The predicted molar refractivity (Wildman–Crippen MR) is 65.1 cm³/mol. The molecule has 0 atom stereocenters. The standard InChI is InChI=1S/C9H10N4.C2HF3O2/c1-6-2-3-7(5-10)4-8(6)13-9(11)12;3-2(4,5)1(6)7/h2-4H,1H3,(H4,11,12,13);(H,6,7). The summed E-state index contributed by atoms with van der Waals surface area (Å²) in [5.41, 5.74) is 12.6. The predicted octanol–water partition coefficient (Wildman–Crippen LogP) is 1.40. The number of rotatable bonds is 1. The molecule has 1 aromatic carbocycles. The molecule has 9 heteroatoms. The molecule has 1 aromatic rings. The lowest BCUT2D eigenvalue weighted by atomic mass is 10.1. The molecule has 1 rings (SSSR count). The van der Waals surface area contributed by atoms with E-state index in [1.165, 1.54) is 0 Å². The Kier molecular flexibility index (Phi) is 6.02. The zero-order chi connectivity index (χ0) is 15.9. The normalized spacial score (nSPS) is 9.75. The minimum atomic E-state index is -5.08. The number of hydrogen-bond acceptors (Lipinski definition) is 3. The largest absolute Gasteiger partial charge is 0.490 e. The van der Waals surface area contributed by atoms with E-state index in [4.69, 9.17) is 26.6 Å². The summed E-state index contributed by atoms with van der Waals surface area (Å²) in [6.45, 7) is 1.88. The second kappa shape index (κ2) is 6.98. The highest BCUT2D eigenvalue weighted by Gasteiger charge is 2.38. The van der Waals surface area contributed by atoms with Crippen molar-refractivity contribution in [3.63, 3.8) is 0 Å². The maximum Gasteiger partial charge on any atom is 0.490 e. The molecule has 0 saturated heterocycles. The molecule has 0 fully saturated rings. The Balaban J connectivity index is 0.000000441. The summed E-state index contributed by atoms with van der Waals surface area (Å²) in [5.74, 6) is -2.76. The van der Waals surface area contributed by atoms with E-state index in [0.29, 0.717) is 11.3 Å². The lowest BCUT2D eigenvalue weighted by Crippen LogP contribution is -2.22. The van der Waals surface area contributed by atoms with Crippen molar-refractivity contribution in [3.05, 3.63) is 29.3 Å². The van der Waals surface area contributed by atoms with E-state index in [1.807, 2.05) is 13.0 Å². The van der Waals surface area contributed by atoms with Crippen LogP contribution >= 0.6 is 0 Å². The molecule has 0 radical (unpaired) electrons. The van der Waals surface area contributed by atoms with Crippen molar-refractivity contribution in [1.29, 1.82) is 5.26 Å². The van der Waals surface area contributed by atoms with Gasteiger partial charge in [-0.2, -0.15) is 18.4 Å². The zero-order valence-electron chi connectivity index (χ0n) is 10.3. The van der Waals surface area contributed by atoms with E-state index in [9.17, 15) is 13.2 Å². The van der Waals surface area contributed by atoms with Crippen LogP contribution in [0.2, 0.25) is 0 Å². The summed E-state index contributed by atoms with van der Waals surface area (Å²) in [4.78, 5) is 12.8. The van der Waals surface area contributed by atoms with Crippen LogP contribution in [0.4, 0.5) is 18.9 Å². The molecule has 5 N–H and O–H groups in total. The first kappa shape index (κ1) is 17.2. The summed E-state index contributed by atoms with van der Waals surface area (Å²) >= 11 is 0. The molecule has 0 amide bonds. The minimum absolute atomic E-state index is 0.00168. The number of nitriles is 1. The Bertz CT molecular complexity index is 558. The number of nitrogens with zero attached hydrogens (tertiary/aromatic N) is 2. The first-order valence-electron chi connectivity index (χ1n) is 4.98.